The highest BCUT2D eigenvalue weighted by Crippen LogP contribution is 2.48. The molecule has 0 amide bonds. The summed E-state index contributed by atoms with van der Waals surface area (Å²) in [6.45, 7) is 0. The summed E-state index contributed by atoms with van der Waals surface area (Å²) < 4.78 is 5.77. The molecule has 1 unspecified atom stereocenters. The van der Waals surface area contributed by atoms with Crippen molar-refractivity contribution in [2.24, 2.45) is 0 Å². The van der Waals surface area contributed by atoms with E-state index in [9.17, 15) is 0 Å². The quantitative estimate of drug-likeness (QED) is 0.234. The normalized spacial score (nSPS) is 14.4. The maximum Gasteiger partial charge on any atom is 0.119 e. The van der Waals surface area contributed by atoms with Crippen LogP contribution in [-0.2, 0) is 0 Å². The van der Waals surface area contributed by atoms with Gasteiger partial charge in [0.25, 0.3) is 0 Å². The molecule has 0 fully saturated rings. The molecule has 1 nitrogen and oxygen atoms in total. The van der Waals surface area contributed by atoms with Gasteiger partial charge in [0.15, 0.2) is 0 Å². The zero-order chi connectivity index (χ0) is 24.3. The number of fused-ring (bicyclic) bond motifs is 1. The predicted octanol–water partition coefficient (Wildman–Crippen LogP) is 7.14. The van der Waals surface area contributed by atoms with Gasteiger partial charge in [0.1, 0.15) is 5.75 Å². The lowest BCUT2D eigenvalue weighted by molar-refractivity contribution is 0.415. The van der Waals surface area contributed by atoms with Crippen molar-refractivity contribution in [2.45, 2.75) is 5.92 Å². The number of ether oxygens (including phenoxy) is 1. The number of hydrogen-bond donors (Lipinski definition) is 0. The molecule has 0 bridgehead atoms. The number of rotatable bonds is 6. The minimum atomic E-state index is -0.789. The molecule has 5 aromatic rings. The minimum absolute atomic E-state index is 0.155. The second-order valence-electron chi connectivity index (χ2n) is 8.96. The standard InChI is InChI=1S/C34H27OP/c1-35-27-21-22-31(33(24-27)36(28-16-7-3-8-17-28)29-18-9-4-10-19-29)34-30-20-12-11-15-26(30)23-32(34)25-13-5-2-6-14-25/h2-24,34H,1H3. The van der Waals surface area contributed by atoms with E-state index in [0.717, 1.165) is 5.75 Å². The predicted molar refractivity (Wildman–Crippen MR) is 154 cm³/mol. The molecule has 0 saturated carbocycles. The topological polar surface area (TPSA) is 9.23 Å². The number of hydrogen-bond acceptors (Lipinski definition) is 1. The van der Waals surface area contributed by atoms with Gasteiger partial charge in [0, 0.05) is 5.92 Å². The summed E-state index contributed by atoms with van der Waals surface area (Å²) in [4.78, 5) is 0. The third-order valence-corrected chi connectivity index (χ3v) is 9.35. The summed E-state index contributed by atoms with van der Waals surface area (Å²) in [7, 11) is 0.967. The summed E-state index contributed by atoms with van der Waals surface area (Å²) in [6, 6.07) is 48.1. The first-order valence-electron chi connectivity index (χ1n) is 12.3. The third-order valence-electron chi connectivity index (χ3n) is 6.85. The van der Waals surface area contributed by atoms with Gasteiger partial charge in [0.2, 0.25) is 0 Å². The van der Waals surface area contributed by atoms with Gasteiger partial charge >= 0.3 is 0 Å². The molecule has 0 spiro atoms. The highest BCUT2D eigenvalue weighted by molar-refractivity contribution is 7.79. The van der Waals surface area contributed by atoms with Gasteiger partial charge in [-0.3, -0.25) is 0 Å². The van der Waals surface area contributed by atoms with Crippen LogP contribution in [0.1, 0.15) is 28.2 Å². The van der Waals surface area contributed by atoms with Crippen LogP contribution >= 0.6 is 7.92 Å². The molecule has 1 aliphatic rings. The van der Waals surface area contributed by atoms with Gasteiger partial charge in [-0.05, 0) is 69.9 Å². The number of benzene rings is 5. The van der Waals surface area contributed by atoms with Crippen molar-refractivity contribution < 1.29 is 4.74 Å². The molecular weight excluding hydrogens is 455 g/mol. The zero-order valence-electron chi connectivity index (χ0n) is 20.2. The lowest BCUT2D eigenvalue weighted by Crippen LogP contribution is -2.25. The Morgan fingerprint density at radius 2 is 1.17 bits per heavy atom. The van der Waals surface area contributed by atoms with Crippen LogP contribution in [0.5, 0.6) is 5.75 Å². The van der Waals surface area contributed by atoms with Crippen LogP contribution in [-0.4, -0.2) is 7.11 Å². The fraction of sp³-hybridized carbons (Fsp3) is 0.0588. The summed E-state index contributed by atoms with van der Waals surface area (Å²) in [5.74, 6) is 1.05. The second-order valence-corrected chi connectivity index (χ2v) is 11.1. The Morgan fingerprint density at radius 1 is 0.583 bits per heavy atom. The van der Waals surface area contributed by atoms with E-state index in [0.29, 0.717) is 0 Å². The molecular formula is C34H27OP. The molecule has 6 rings (SSSR count). The Bertz CT molecular complexity index is 1470. The summed E-state index contributed by atoms with van der Waals surface area (Å²) in [5, 5.41) is 4.01. The van der Waals surface area contributed by atoms with Crippen molar-refractivity contribution in [1.82, 2.24) is 0 Å². The lowest BCUT2D eigenvalue weighted by Gasteiger charge is -2.27. The Hall–Kier alpha value is -3.93. The van der Waals surface area contributed by atoms with E-state index in [2.05, 4.69) is 140 Å². The van der Waals surface area contributed by atoms with Crippen molar-refractivity contribution in [3.63, 3.8) is 0 Å². The summed E-state index contributed by atoms with van der Waals surface area (Å²) in [6.07, 6.45) is 2.37. The maximum absolute atomic E-state index is 5.77. The second kappa shape index (κ2) is 9.97. The molecule has 0 radical (unpaired) electrons. The van der Waals surface area contributed by atoms with E-state index in [1.54, 1.807) is 7.11 Å². The van der Waals surface area contributed by atoms with Gasteiger partial charge in [-0.15, -0.1) is 0 Å². The van der Waals surface area contributed by atoms with Crippen molar-refractivity contribution in [2.75, 3.05) is 7.11 Å². The SMILES string of the molecule is COc1ccc(C2C(c3ccccc3)=Cc3ccccc32)c(P(c2ccccc2)c2ccccc2)c1. The number of methoxy groups -OCH3 is 1. The van der Waals surface area contributed by atoms with Crippen LogP contribution in [0.2, 0.25) is 0 Å². The van der Waals surface area contributed by atoms with Gasteiger partial charge in [-0.25, -0.2) is 0 Å². The molecule has 0 saturated heterocycles. The molecule has 1 aliphatic carbocycles. The summed E-state index contributed by atoms with van der Waals surface area (Å²) in [5.41, 5.74) is 6.61. The first-order valence-corrected chi connectivity index (χ1v) is 13.6. The highest BCUT2D eigenvalue weighted by atomic mass is 31.1. The number of allylic oxidation sites excluding steroid dienone is 1. The Morgan fingerprint density at radius 3 is 1.81 bits per heavy atom. The molecule has 174 valence electrons. The van der Waals surface area contributed by atoms with E-state index in [-0.39, 0.29) is 5.92 Å². The molecule has 0 heterocycles. The van der Waals surface area contributed by atoms with Crippen LogP contribution in [0.4, 0.5) is 0 Å². The van der Waals surface area contributed by atoms with Crippen LogP contribution in [0.3, 0.4) is 0 Å². The van der Waals surface area contributed by atoms with Crippen LogP contribution in [0, 0.1) is 0 Å². The van der Waals surface area contributed by atoms with Gasteiger partial charge in [0.05, 0.1) is 7.11 Å². The van der Waals surface area contributed by atoms with E-state index < -0.39 is 7.92 Å². The zero-order valence-corrected chi connectivity index (χ0v) is 21.1. The minimum Gasteiger partial charge on any atom is -0.497 e. The molecule has 0 N–H and O–H groups in total. The fourth-order valence-corrected chi connectivity index (χ4v) is 7.72. The van der Waals surface area contributed by atoms with Crippen LogP contribution in [0.15, 0.2) is 133 Å². The van der Waals surface area contributed by atoms with Crippen molar-refractivity contribution in [1.29, 1.82) is 0 Å². The molecule has 0 aliphatic heterocycles. The Labute approximate surface area is 214 Å². The maximum atomic E-state index is 5.77. The molecule has 2 heteroatoms. The first-order chi connectivity index (χ1) is 17.8. The third kappa shape index (κ3) is 4.17. The highest BCUT2D eigenvalue weighted by Gasteiger charge is 2.32. The van der Waals surface area contributed by atoms with Crippen molar-refractivity contribution >= 4 is 35.5 Å². The smallest absolute Gasteiger partial charge is 0.119 e. The van der Waals surface area contributed by atoms with Crippen LogP contribution in [0.25, 0.3) is 11.6 Å². The molecule has 1 atom stereocenters. The van der Waals surface area contributed by atoms with E-state index in [4.69, 9.17) is 4.74 Å². The van der Waals surface area contributed by atoms with Crippen LogP contribution < -0.4 is 20.7 Å². The van der Waals surface area contributed by atoms with Gasteiger partial charge in [-0.1, -0.05) is 121 Å². The van der Waals surface area contributed by atoms with Gasteiger partial charge in [-0.2, -0.15) is 0 Å². The Balaban J connectivity index is 1.61. The molecule has 0 aromatic heterocycles. The lowest BCUT2D eigenvalue weighted by atomic mass is 9.85. The average molecular weight is 483 g/mol. The monoisotopic (exact) mass is 482 g/mol. The van der Waals surface area contributed by atoms with E-state index in [1.165, 1.54) is 43.7 Å². The van der Waals surface area contributed by atoms with Gasteiger partial charge < -0.3 is 4.74 Å². The first kappa shape index (κ1) is 22.5. The summed E-state index contributed by atoms with van der Waals surface area (Å²) >= 11 is 0. The van der Waals surface area contributed by atoms with Crippen molar-refractivity contribution in [3.05, 3.63) is 156 Å². The fourth-order valence-electron chi connectivity index (χ4n) is 5.21. The average Bonchev–Trinajstić information content (AvgIpc) is 3.34. The van der Waals surface area contributed by atoms with E-state index in [1.807, 2.05) is 0 Å². The van der Waals surface area contributed by atoms with Crippen molar-refractivity contribution in [3.8, 4) is 5.75 Å². The molecule has 36 heavy (non-hydrogen) atoms. The molecule has 5 aromatic carbocycles. The Kier molecular flexibility index (Phi) is 6.24. The largest absolute Gasteiger partial charge is 0.497 e. The van der Waals surface area contributed by atoms with E-state index >= 15 is 0 Å².